The summed E-state index contributed by atoms with van der Waals surface area (Å²) in [6.45, 7) is 4.24. The molecule has 122 valence electrons. The van der Waals surface area contributed by atoms with E-state index in [1.54, 1.807) is 13.8 Å². The van der Waals surface area contributed by atoms with Crippen LogP contribution in [0.1, 0.15) is 20.3 Å². The van der Waals surface area contributed by atoms with Gasteiger partial charge in [-0.25, -0.2) is 8.42 Å². The third-order valence-electron chi connectivity index (χ3n) is 3.59. The van der Waals surface area contributed by atoms with E-state index in [1.807, 2.05) is 0 Å². The summed E-state index contributed by atoms with van der Waals surface area (Å²) in [6.07, 6.45) is 0.542. The quantitative estimate of drug-likeness (QED) is 0.814. The number of rotatable bonds is 6. The molecule has 8 heteroatoms. The lowest BCUT2D eigenvalue weighted by atomic mass is 10.0. The highest BCUT2D eigenvalue weighted by Crippen LogP contribution is 2.32. The van der Waals surface area contributed by atoms with Crippen molar-refractivity contribution >= 4 is 16.0 Å². The maximum Gasteiger partial charge on any atom is 0.322 e. The number of carbonyl (C=O) groups is 1. The fourth-order valence-corrected chi connectivity index (χ4v) is 3.38. The van der Waals surface area contributed by atoms with Crippen molar-refractivity contribution in [3.05, 3.63) is 18.2 Å². The first kappa shape index (κ1) is 16.6. The molecule has 7 nitrogen and oxygen atoms in total. The maximum atomic E-state index is 12.4. The first-order chi connectivity index (χ1) is 10.3. The third kappa shape index (κ3) is 3.50. The van der Waals surface area contributed by atoms with Crippen LogP contribution in [-0.4, -0.2) is 38.7 Å². The van der Waals surface area contributed by atoms with Gasteiger partial charge < -0.3 is 14.6 Å². The molecule has 1 aromatic rings. The minimum Gasteiger partial charge on any atom is -0.486 e. The van der Waals surface area contributed by atoms with Gasteiger partial charge in [-0.15, -0.1) is 0 Å². The zero-order chi connectivity index (χ0) is 16.3. The standard InChI is InChI=1S/C14H19NO6S/c1-3-9(2)13(14(16)17)15-22(18,19)10-4-5-11-12(8-10)21-7-6-20-11/h4-5,8-9,13,15H,3,6-7H2,1-2H3,(H,16,17)/t9-,13+/m0/s1. The molecule has 1 aliphatic rings. The van der Waals surface area contributed by atoms with Crippen LogP contribution in [0.3, 0.4) is 0 Å². The lowest BCUT2D eigenvalue weighted by molar-refractivity contribution is -0.140. The smallest absolute Gasteiger partial charge is 0.322 e. The molecular weight excluding hydrogens is 310 g/mol. The molecule has 22 heavy (non-hydrogen) atoms. The number of benzene rings is 1. The molecule has 0 radical (unpaired) electrons. The number of aliphatic carboxylic acids is 1. The minimum absolute atomic E-state index is 0.0497. The topological polar surface area (TPSA) is 102 Å². The number of carboxylic acids is 1. The molecule has 1 aromatic carbocycles. The van der Waals surface area contributed by atoms with E-state index in [2.05, 4.69) is 4.72 Å². The number of ether oxygens (including phenoxy) is 2. The van der Waals surface area contributed by atoms with Gasteiger partial charge in [0, 0.05) is 6.07 Å². The summed E-state index contributed by atoms with van der Waals surface area (Å²) < 4.78 is 37.7. The molecule has 0 aromatic heterocycles. The van der Waals surface area contributed by atoms with Gasteiger partial charge >= 0.3 is 5.97 Å². The van der Waals surface area contributed by atoms with E-state index >= 15 is 0 Å². The first-order valence-corrected chi connectivity index (χ1v) is 8.48. The van der Waals surface area contributed by atoms with Gasteiger partial charge in [0.05, 0.1) is 4.90 Å². The summed E-state index contributed by atoms with van der Waals surface area (Å²) in [5.41, 5.74) is 0. The van der Waals surface area contributed by atoms with Crippen LogP contribution in [0.5, 0.6) is 11.5 Å². The molecule has 0 saturated heterocycles. The van der Waals surface area contributed by atoms with Crippen LogP contribution in [-0.2, 0) is 14.8 Å². The Bertz CT molecular complexity index is 657. The Balaban J connectivity index is 2.28. The minimum atomic E-state index is -3.96. The normalized spacial score (nSPS) is 16.8. The summed E-state index contributed by atoms with van der Waals surface area (Å²) in [6, 6.07) is 3.03. The number of nitrogens with one attached hydrogen (secondary N) is 1. The average Bonchev–Trinajstić information content (AvgIpc) is 2.51. The van der Waals surface area contributed by atoms with E-state index in [1.165, 1.54) is 18.2 Å². The van der Waals surface area contributed by atoms with Crippen LogP contribution in [0.15, 0.2) is 23.1 Å². The van der Waals surface area contributed by atoms with Crippen molar-refractivity contribution in [1.82, 2.24) is 4.72 Å². The summed E-state index contributed by atoms with van der Waals surface area (Å²) in [5, 5.41) is 9.21. The molecule has 0 spiro atoms. The highest BCUT2D eigenvalue weighted by molar-refractivity contribution is 7.89. The van der Waals surface area contributed by atoms with Crippen LogP contribution in [0.2, 0.25) is 0 Å². The molecular formula is C14H19NO6S. The van der Waals surface area contributed by atoms with Crippen molar-refractivity contribution in [3.8, 4) is 11.5 Å². The molecule has 1 aliphatic heterocycles. The molecule has 1 heterocycles. The largest absolute Gasteiger partial charge is 0.486 e. The summed E-state index contributed by atoms with van der Waals surface area (Å²) in [5.74, 6) is -0.716. The molecule has 0 unspecified atom stereocenters. The number of hydrogen-bond donors (Lipinski definition) is 2. The Hall–Kier alpha value is -1.80. The van der Waals surface area contributed by atoms with Crippen LogP contribution >= 0.6 is 0 Å². The van der Waals surface area contributed by atoms with Crippen molar-refractivity contribution in [2.45, 2.75) is 31.2 Å². The zero-order valence-electron chi connectivity index (χ0n) is 12.4. The Morgan fingerprint density at radius 3 is 2.55 bits per heavy atom. The SMILES string of the molecule is CC[C@H](C)[C@@H](NS(=O)(=O)c1ccc2c(c1)OCCO2)C(=O)O. The average molecular weight is 329 g/mol. The van der Waals surface area contributed by atoms with Crippen LogP contribution in [0.25, 0.3) is 0 Å². The Labute approximate surface area is 129 Å². The Morgan fingerprint density at radius 2 is 1.95 bits per heavy atom. The van der Waals surface area contributed by atoms with Crippen molar-refractivity contribution in [2.75, 3.05) is 13.2 Å². The zero-order valence-corrected chi connectivity index (χ0v) is 13.2. The van der Waals surface area contributed by atoms with Gasteiger partial charge in [0.15, 0.2) is 11.5 Å². The number of carboxylic acid groups (broad SMARTS) is 1. The second-order valence-electron chi connectivity index (χ2n) is 5.13. The monoisotopic (exact) mass is 329 g/mol. The second kappa shape index (κ2) is 6.53. The number of fused-ring (bicyclic) bond motifs is 1. The molecule has 0 fully saturated rings. The lowest BCUT2D eigenvalue weighted by Gasteiger charge is -2.21. The van der Waals surface area contributed by atoms with Gasteiger partial charge in [0.2, 0.25) is 10.0 Å². The first-order valence-electron chi connectivity index (χ1n) is 7.00. The lowest BCUT2D eigenvalue weighted by Crippen LogP contribution is -2.44. The third-order valence-corrected chi connectivity index (χ3v) is 5.02. The predicted octanol–water partition coefficient (Wildman–Crippen LogP) is 1.24. The van der Waals surface area contributed by atoms with Gasteiger partial charge in [-0.3, -0.25) is 4.79 Å². The van der Waals surface area contributed by atoms with E-state index in [0.29, 0.717) is 31.1 Å². The second-order valence-corrected chi connectivity index (χ2v) is 6.84. The highest BCUT2D eigenvalue weighted by Gasteiger charge is 2.30. The summed E-state index contributed by atoms with van der Waals surface area (Å²) >= 11 is 0. The highest BCUT2D eigenvalue weighted by atomic mass is 32.2. The van der Waals surface area contributed by atoms with Crippen molar-refractivity contribution in [2.24, 2.45) is 5.92 Å². The predicted molar refractivity (Wildman–Crippen MR) is 78.6 cm³/mol. The summed E-state index contributed by atoms with van der Waals surface area (Å²) in [7, 11) is -3.96. The van der Waals surface area contributed by atoms with Gasteiger partial charge in [-0.2, -0.15) is 4.72 Å². The molecule has 2 rings (SSSR count). The van der Waals surface area contributed by atoms with Gasteiger partial charge in [-0.1, -0.05) is 20.3 Å². The number of sulfonamides is 1. The fraction of sp³-hybridized carbons (Fsp3) is 0.500. The van der Waals surface area contributed by atoms with Crippen LogP contribution in [0, 0.1) is 5.92 Å². The van der Waals surface area contributed by atoms with Gasteiger partial charge in [-0.05, 0) is 18.1 Å². The Morgan fingerprint density at radius 1 is 1.32 bits per heavy atom. The van der Waals surface area contributed by atoms with E-state index in [0.717, 1.165) is 0 Å². The maximum absolute atomic E-state index is 12.4. The van der Waals surface area contributed by atoms with Gasteiger partial charge in [0.25, 0.3) is 0 Å². The van der Waals surface area contributed by atoms with E-state index in [9.17, 15) is 18.3 Å². The molecule has 0 aliphatic carbocycles. The van der Waals surface area contributed by atoms with Crippen molar-refractivity contribution in [3.63, 3.8) is 0 Å². The van der Waals surface area contributed by atoms with E-state index in [4.69, 9.17) is 9.47 Å². The van der Waals surface area contributed by atoms with E-state index in [-0.39, 0.29) is 10.8 Å². The molecule has 2 N–H and O–H groups in total. The molecule has 2 atom stereocenters. The molecule has 0 amide bonds. The molecule has 0 saturated carbocycles. The van der Waals surface area contributed by atoms with E-state index < -0.39 is 22.0 Å². The summed E-state index contributed by atoms with van der Waals surface area (Å²) in [4.78, 5) is 11.2. The Kier molecular flexibility index (Phi) is 4.92. The van der Waals surface area contributed by atoms with Crippen molar-refractivity contribution < 1.29 is 27.8 Å². The van der Waals surface area contributed by atoms with Gasteiger partial charge in [0.1, 0.15) is 19.3 Å². The van der Waals surface area contributed by atoms with Crippen LogP contribution < -0.4 is 14.2 Å². The van der Waals surface area contributed by atoms with Crippen molar-refractivity contribution in [1.29, 1.82) is 0 Å². The van der Waals surface area contributed by atoms with Crippen LogP contribution in [0.4, 0.5) is 0 Å². The number of hydrogen-bond acceptors (Lipinski definition) is 5. The molecule has 0 bridgehead atoms. The fourth-order valence-electron chi connectivity index (χ4n) is 2.07.